The third-order valence-electron chi connectivity index (χ3n) is 1.40. The Morgan fingerprint density at radius 3 is 2.25 bits per heavy atom. The second-order valence-electron chi connectivity index (χ2n) is 2.14. The van der Waals surface area contributed by atoms with E-state index in [4.69, 9.17) is 10.2 Å². The standard InChI is InChI=1S/C7H5F3O2/c8-4-1-5(9)7(12)3(2-11)6(4)10/h1,11-12H,2H2. The Kier molecular flexibility index (Phi) is 2.23. The van der Waals surface area contributed by atoms with E-state index < -0.39 is 35.4 Å². The molecule has 0 saturated heterocycles. The first kappa shape index (κ1) is 8.86. The molecule has 0 fully saturated rings. The number of hydrogen-bond acceptors (Lipinski definition) is 2. The summed E-state index contributed by atoms with van der Waals surface area (Å²) in [5, 5.41) is 17.2. The van der Waals surface area contributed by atoms with Crippen molar-refractivity contribution in [2.24, 2.45) is 0 Å². The summed E-state index contributed by atoms with van der Waals surface area (Å²) in [6.07, 6.45) is 0. The van der Waals surface area contributed by atoms with Crippen LogP contribution in [0.15, 0.2) is 6.07 Å². The minimum atomic E-state index is -1.44. The van der Waals surface area contributed by atoms with Crippen LogP contribution in [-0.2, 0) is 6.61 Å². The summed E-state index contributed by atoms with van der Waals surface area (Å²) in [5.74, 6) is -5.22. The molecular weight excluding hydrogens is 173 g/mol. The highest BCUT2D eigenvalue weighted by Crippen LogP contribution is 2.25. The summed E-state index contributed by atoms with van der Waals surface area (Å²) < 4.78 is 37.4. The van der Waals surface area contributed by atoms with Gasteiger partial charge in [-0.25, -0.2) is 13.2 Å². The number of aromatic hydroxyl groups is 1. The van der Waals surface area contributed by atoms with Gasteiger partial charge in [0.2, 0.25) is 0 Å². The number of benzene rings is 1. The van der Waals surface area contributed by atoms with Crippen LogP contribution in [0.1, 0.15) is 5.56 Å². The number of rotatable bonds is 1. The lowest BCUT2D eigenvalue weighted by Crippen LogP contribution is -1.97. The molecule has 12 heavy (non-hydrogen) atoms. The van der Waals surface area contributed by atoms with Gasteiger partial charge in [-0.2, -0.15) is 0 Å². The van der Waals surface area contributed by atoms with Crippen molar-refractivity contribution in [1.29, 1.82) is 0 Å². The average Bonchev–Trinajstić information content (AvgIpc) is 2.02. The lowest BCUT2D eigenvalue weighted by atomic mass is 10.2. The van der Waals surface area contributed by atoms with E-state index in [1.54, 1.807) is 0 Å². The molecule has 0 saturated carbocycles. The summed E-state index contributed by atoms with van der Waals surface area (Å²) in [7, 11) is 0. The first-order valence-electron chi connectivity index (χ1n) is 3.04. The minimum Gasteiger partial charge on any atom is -0.504 e. The molecule has 0 amide bonds. The van der Waals surface area contributed by atoms with Crippen LogP contribution in [0, 0.1) is 17.5 Å². The summed E-state index contributed by atoms with van der Waals surface area (Å²) in [6.45, 7) is -0.952. The number of halogens is 3. The van der Waals surface area contributed by atoms with Crippen molar-refractivity contribution < 1.29 is 23.4 Å². The van der Waals surface area contributed by atoms with Gasteiger partial charge in [-0.1, -0.05) is 0 Å². The maximum absolute atomic E-state index is 12.6. The fraction of sp³-hybridized carbons (Fsp3) is 0.143. The normalized spacial score (nSPS) is 10.3. The third-order valence-corrected chi connectivity index (χ3v) is 1.40. The van der Waals surface area contributed by atoms with Gasteiger partial charge in [0.1, 0.15) is 0 Å². The van der Waals surface area contributed by atoms with E-state index in [1.807, 2.05) is 0 Å². The van der Waals surface area contributed by atoms with Crippen LogP contribution in [0.5, 0.6) is 5.75 Å². The Bertz CT molecular complexity index is 286. The first-order chi connectivity index (χ1) is 5.57. The Balaban J connectivity index is 3.42. The monoisotopic (exact) mass is 178 g/mol. The topological polar surface area (TPSA) is 40.5 Å². The molecule has 66 valence electrons. The van der Waals surface area contributed by atoms with Crippen molar-refractivity contribution >= 4 is 0 Å². The van der Waals surface area contributed by atoms with Crippen molar-refractivity contribution in [3.05, 3.63) is 29.1 Å². The molecule has 0 atom stereocenters. The lowest BCUT2D eigenvalue weighted by Gasteiger charge is -2.03. The van der Waals surface area contributed by atoms with Crippen LogP contribution in [0.3, 0.4) is 0 Å². The van der Waals surface area contributed by atoms with Gasteiger partial charge in [-0.15, -0.1) is 0 Å². The second kappa shape index (κ2) is 3.02. The van der Waals surface area contributed by atoms with Crippen molar-refractivity contribution in [2.75, 3.05) is 0 Å². The van der Waals surface area contributed by atoms with Crippen LogP contribution in [0.2, 0.25) is 0 Å². The van der Waals surface area contributed by atoms with Gasteiger partial charge in [-0.05, 0) is 0 Å². The molecule has 1 aromatic rings. The van der Waals surface area contributed by atoms with Gasteiger partial charge in [0.05, 0.1) is 12.2 Å². The second-order valence-corrected chi connectivity index (χ2v) is 2.14. The number of aliphatic hydroxyl groups is 1. The molecule has 0 bridgehead atoms. The minimum absolute atomic E-state index is 0.212. The lowest BCUT2D eigenvalue weighted by molar-refractivity contribution is 0.263. The van der Waals surface area contributed by atoms with E-state index in [1.165, 1.54) is 0 Å². The third kappa shape index (κ3) is 1.23. The Morgan fingerprint density at radius 1 is 1.17 bits per heavy atom. The number of phenols is 1. The van der Waals surface area contributed by atoms with Crippen LogP contribution < -0.4 is 0 Å². The van der Waals surface area contributed by atoms with Crippen molar-refractivity contribution in [3.8, 4) is 5.75 Å². The molecule has 0 aliphatic carbocycles. The SMILES string of the molecule is OCc1c(O)c(F)cc(F)c1F. The molecule has 1 rings (SSSR count). The van der Waals surface area contributed by atoms with Gasteiger partial charge in [0.15, 0.2) is 23.2 Å². The fourth-order valence-corrected chi connectivity index (χ4v) is 0.780. The fourth-order valence-electron chi connectivity index (χ4n) is 0.780. The van der Waals surface area contributed by atoms with E-state index in [0.29, 0.717) is 0 Å². The van der Waals surface area contributed by atoms with Crippen LogP contribution in [0.4, 0.5) is 13.2 Å². The highest BCUT2D eigenvalue weighted by molar-refractivity contribution is 5.34. The summed E-state index contributed by atoms with van der Waals surface area (Å²) in [5.41, 5.74) is -0.771. The van der Waals surface area contributed by atoms with Crippen molar-refractivity contribution in [1.82, 2.24) is 0 Å². The molecule has 0 unspecified atom stereocenters. The Hall–Kier alpha value is -1.23. The highest BCUT2D eigenvalue weighted by atomic mass is 19.2. The molecule has 0 aliphatic rings. The molecule has 2 nitrogen and oxygen atoms in total. The van der Waals surface area contributed by atoms with Gasteiger partial charge in [0, 0.05) is 6.07 Å². The van der Waals surface area contributed by atoms with Gasteiger partial charge in [-0.3, -0.25) is 0 Å². The van der Waals surface area contributed by atoms with Crippen LogP contribution in [-0.4, -0.2) is 10.2 Å². The van der Waals surface area contributed by atoms with Gasteiger partial charge >= 0.3 is 0 Å². The first-order valence-corrected chi connectivity index (χ1v) is 3.04. The number of aliphatic hydroxyl groups excluding tert-OH is 1. The zero-order chi connectivity index (χ0) is 9.30. The maximum Gasteiger partial charge on any atom is 0.168 e. The molecule has 0 aromatic heterocycles. The molecule has 0 aliphatic heterocycles. The predicted molar refractivity (Wildman–Crippen MR) is 33.9 cm³/mol. The Labute approximate surface area is 65.9 Å². The molecule has 2 N–H and O–H groups in total. The zero-order valence-electron chi connectivity index (χ0n) is 5.81. The van der Waals surface area contributed by atoms with E-state index >= 15 is 0 Å². The highest BCUT2D eigenvalue weighted by Gasteiger charge is 2.16. The summed E-state index contributed by atoms with van der Waals surface area (Å²) in [6, 6.07) is 0.212. The van der Waals surface area contributed by atoms with E-state index in [9.17, 15) is 13.2 Å². The van der Waals surface area contributed by atoms with Crippen molar-refractivity contribution in [3.63, 3.8) is 0 Å². The van der Waals surface area contributed by atoms with Crippen LogP contribution in [0.25, 0.3) is 0 Å². The smallest absolute Gasteiger partial charge is 0.168 e. The van der Waals surface area contributed by atoms with Gasteiger partial charge in [0.25, 0.3) is 0 Å². The predicted octanol–water partition coefficient (Wildman–Crippen LogP) is 1.30. The van der Waals surface area contributed by atoms with Gasteiger partial charge < -0.3 is 10.2 Å². The number of hydrogen-bond donors (Lipinski definition) is 2. The molecule has 0 spiro atoms. The molecule has 1 aromatic carbocycles. The van der Waals surface area contributed by atoms with E-state index in [-0.39, 0.29) is 6.07 Å². The molecular formula is C7H5F3O2. The molecule has 0 radical (unpaired) electrons. The summed E-state index contributed by atoms with van der Waals surface area (Å²) >= 11 is 0. The molecule has 0 heterocycles. The average molecular weight is 178 g/mol. The largest absolute Gasteiger partial charge is 0.504 e. The van der Waals surface area contributed by atoms with E-state index in [2.05, 4.69) is 0 Å². The zero-order valence-corrected chi connectivity index (χ0v) is 5.81. The summed E-state index contributed by atoms with van der Waals surface area (Å²) in [4.78, 5) is 0. The van der Waals surface area contributed by atoms with Crippen molar-refractivity contribution in [2.45, 2.75) is 6.61 Å². The molecule has 5 heteroatoms. The Morgan fingerprint density at radius 2 is 1.75 bits per heavy atom. The maximum atomic E-state index is 12.6. The van der Waals surface area contributed by atoms with E-state index in [0.717, 1.165) is 0 Å². The quantitative estimate of drug-likeness (QED) is 0.636. The van der Waals surface area contributed by atoms with Crippen LogP contribution >= 0.6 is 0 Å².